The van der Waals surface area contributed by atoms with Crippen molar-refractivity contribution in [2.75, 3.05) is 0 Å². The third kappa shape index (κ3) is 2.14. The van der Waals surface area contributed by atoms with Crippen molar-refractivity contribution in [1.29, 1.82) is 0 Å². The summed E-state index contributed by atoms with van der Waals surface area (Å²) in [5.41, 5.74) is 2.51. The smallest absolute Gasteiger partial charge is 0.261 e. The first-order valence-corrected chi connectivity index (χ1v) is 7.29. The van der Waals surface area contributed by atoms with Gasteiger partial charge in [-0.05, 0) is 24.3 Å². The van der Waals surface area contributed by atoms with Gasteiger partial charge in [0.05, 0.1) is 29.1 Å². The number of fused-ring (bicyclic) bond motifs is 1. The summed E-state index contributed by atoms with van der Waals surface area (Å²) < 4.78 is 0. The van der Waals surface area contributed by atoms with Crippen LogP contribution in [-0.2, 0) is 11.9 Å². The number of aromatic nitrogens is 1. The maximum absolute atomic E-state index is 12.2. The largest absolute Gasteiger partial charge is 0.269 e. The highest BCUT2D eigenvalue weighted by molar-refractivity contribution is 9.08. The van der Waals surface area contributed by atoms with Crippen molar-refractivity contribution >= 4 is 27.7 Å². The SMILES string of the molecule is O=C1c2ccccc2C(=O)N1Cc1cccc(CBr)n1. The van der Waals surface area contributed by atoms with Gasteiger partial charge < -0.3 is 0 Å². The Bertz CT molecular complexity index is 665. The molecule has 1 aromatic carbocycles. The molecule has 2 aromatic rings. The Kier molecular flexibility index (Phi) is 3.36. The molecule has 0 unspecified atom stereocenters. The minimum Gasteiger partial charge on any atom is -0.269 e. The number of nitrogens with zero attached hydrogens (tertiary/aromatic N) is 2. The van der Waals surface area contributed by atoms with Gasteiger partial charge in [0.15, 0.2) is 0 Å². The average Bonchev–Trinajstić information content (AvgIpc) is 2.73. The lowest BCUT2D eigenvalue weighted by molar-refractivity contribution is 0.0640. The molecule has 0 saturated carbocycles. The maximum atomic E-state index is 12.2. The number of benzene rings is 1. The summed E-state index contributed by atoms with van der Waals surface area (Å²) in [5, 5.41) is 0.642. The number of halogens is 1. The van der Waals surface area contributed by atoms with Crippen molar-refractivity contribution in [3.63, 3.8) is 0 Å². The van der Waals surface area contributed by atoms with Crippen LogP contribution in [0.3, 0.4) is 0 Å². The molecule has 0 aliphatic carbocycles. The molecule has 3 rings (SSSR count). The van der Waals surface area contributed by atoms with Crippen LogP contribution >= 0.6 is 15.9 Å². The number of hydrogen-bond donors (Lipinski definition) is 0. The highest BCUT2D eigenvalue weighted by atomic mass is 79.9. The van der Waals surface area contributed by atoms with Crippen LogP contribution in [0.1, 0.15) is 32.1 Å². The third-order valence-corrected chi connectivity index (χ3v) is 3.77. The maximum Gasteiger partial charge on any atom is 0.261 e. The molecule has 1 aliphatic heterocycles. The van der Waals surface area contributed by atoms with E-state index in [0.717, 1.165) is 5.69 Å². The molecular weight excluding hydrogens is 320 g/mol. The van der Waals surface area contributed by atoms with Crippen LogP contribution < -0.4 is 0 Å². The standard InChI is InChI=1S/C15H11BrN2O2/c16-8-10-4-3-5-11(17-10)9-18-14(19)12-6-1-2-7-13(12)15(18)20/h1-7H,8-9H2. The molecule has 2 amide bonds. The zero-order chi connectivity index (χ0) is 14.1. The lowest BCUT2D eigenvalue weighted by atomic mass is 10.1. The van der Waals surface area contributed by atoms with Gasteiger partial charge in [0, 0.05) is 5.33 Å². The first-order valence-electron chi connectivity index (χ1n) is 6.16. The molecule has 0 atom stereocenters. The molecule has 0 bridgehead atoms. The number of hydrogen-bond acceptors (Lipinski definition) is 3. The fraction of sp³-hybridized carbons (Fsp3) is 0.133. The van der Waals surface area contributed by atoms with E-state index in [-0.39, 0.29) is 18.4 Å². The first kappa shape index (κ1) is 13.0. The molecule has 4 nitrogen and oxygen atoms in total. The molecule has 2 heterocycles. The van der Waals surface area contributed by atoms with E-state index in [1.807, 2.05) is 18.2 Å². The fourth-order valence-corrected chi connectivity index (χ4v) is 2.55. The number of carbonyl (C=O) groups is 2. The van der Waals surface area contributed by atoms with E-state index < -0.39 is 0 Å². The van der Waals surface area contributed by atoms with Crippen molar-refractivity contribution in [3.8, 4) is 0 Å². The van der Waals surface area contributed by atoms with E-state index >= 15 is 0 Å². The molecule has 20 heavy (non-hydrogen) atoms. The number of rotatable bonds is 3. The number of imide groups is 1. The third-order valence-electron chi connectivity index (χ3n) is 3.20. The van der Waals surface area contributed by atoms with Gasteiger partial charge in [-0.15, -0.1) is 0 Å². The van der Waals surface area contributed by atoms with E-state index in [1.165, 1.54) is 4.90 Å². The highest BCUT2D eigenvalue weighted by Gasteiger charge is 2.35. The summed E-state index contributed by atoms with van der Waals surface area (Å²) >= 11 is 3.34. The van der Waals surface area contributed by atoms with Crippen LogP contribution in [0, 0.1) is 0 Å². The van der Waals surface area contributed by atoms with Gasteiger partial charge in [-0.25, -0.2) is 0 Å². The summed E-state index contributed by atoms with van der Waals surface area (Å²) in [6.45, 7) is 0.202. The second kappa shape index (κ2) is 5.17. The highest BCUT2D eigenvalue weighted by Crippen LogP contribution is 2.23. The molecule has 5 heteroatoms. The van der Waals surface area contributed by atoms with Crippen molar-refractivity contribution in [2.24, 2.45) is 0 Å². The zero-order valence-electron chi connectivity index (χ0n) is 10.5. The minimum absolute atomic E-state index is 0.202. The van der Waals surface area contributed by atoms with Crippen LogP contribution in [0.15, 0.2) is 42.5 Å². The molecule has 1 aromatic heterocycles. The number of alkyl halides is 1. The van der Waals surface area contributed by atoms with E-state index in [0.29, 0.717) is 22.2 Å². The zero-order valence-corrected chi connectivity index (χ0v) is 12.1. The van der Waals surface area contributed by atoms with Gasteiger partial charge in [-0.2, -0.15) is 0 Å². The fourth-order valence-electron chi connectivity index (χ4n) is 2.24. The van der Waals surface area contributed by atoms with Crippen LogP contribution in [0.2, 0.25) is 0 Å². The summed E-state index contributed by atoms with van der Waals surface area (Å²) in [5.74, 6) is -0.506. The van der Waals surface area contributed by atoms with Crippen molar-refractivity contribution in [2.45, 2.75) is 11.9 Å². The summed E-state index contributed by atoms with van der Waals surface area (Å²) in [7, 11) is 0. The molecule has 0 saturated heterocycles. The number of amides is 2. The summed E-state index contributed by atoms with van der Waals surface area (Å²) in [6, 6.07) is 12.5. The molecule has 0 fully saturated rings. The quantitative estimate of drug-likeness (QED) is 0.642. The first-order chi connectivity index (χ1) is 9.70. The molecule has 1 aliphatic rings. The second-order valence-electron chi connectivity index (χ2n) is 4.50. The Labute approximate surface area is 124 Å². The van der Waals surface area contributed by atoms with Crippen LogP contribution in [0.4, 0.5) is 0 Å². The molecule has 100 valence electrons. The Morgan fingerprint density at radius 2 is 1.50 bits per heavy atom. The molecule has 0 radical (unpaired) electrons. The second-order valence-corrected chi connectivity index (χ2v) is 5.06. The van der Waals surface area contributed by atoms with Gasteiger partial charge in [-0.3, -0.25) is 19.5 Å². The van der Waals surface area contributed by atoms with Gasteiger partial charge >= 0.3 is 0 Å². The summed E-state index contributed by atoms with van der Waals surface area (Å²) in [4.78, 5) is 30.1. The predicted molar refractivity (Wildman–Crippen MR) is 77.5 cm³/mol. The Morgan fingerprint density at radius 3 is 2.10 bits per heavy atom. The Morgan fingerprint density at radius 1 is 0.900 bits per heavy atom. The topological polar surface area (TPSA) is 50.3 Å². The van der Waals surface area contributed by atoms with Gasteiger partial charge in [0.25, 0.3) is 11.8 Å². The monoisotopic (exact) mass is 330 g/mol. The number of pyridine rings is 1. The number of carbonyl (C=O) groups excluding carboxylic acids is 2. The van der Waals surface area contributed by atoms with Crippen molar-refractivity contribution < 1.29 is 9.59 Å². The Hall–Kier alpha value is -2.01. The molecule has 0 N–H and O–H groups in total. The van der Waals surface area contributed by atoms with Gasteiger partial charge in [-0.1, -0.05) is 34.1 Å². The van der Waals surface area contributed by atoms with Crippen LogP contribution in [0.25, 0.3) is 0 Å². The van der Waals surface area contributed by atoms with Crippen LogP contribution in [-0.4, -0.2) is 21.7 Å². The van der Waals surface area contributed by atoms with Gasteiger partial charge in [0.1, 0.15) is 0 Å². The average molecular weight is 331 g/mol. The van der Waals surface area contributed by atoms with E-state index in [1.54, 1.807) is 24.3 Å². The van der Waals surface area contributed by atoms with E-state index in [4.69, 9.17) is 0 Å². The lowest BCUT2D eigenvalue weighted by Crippen LogP contribution is -2.29. The van der Waals surface area contributed by atoms with Crippen LogP contribution in [0.5, 0.6) is 0 Å². The predicted octanol–water partition coefficient (Wildman–Crippen LogP) is 2.77. The van der Waals surface area contributed by atoms with Crippen molar-refractivity contribution in [3.05, 3.63) is 65.0 Å². The molecule has 0 spiro atoms. The Balaban J connectivity index is 1.89. The van der Waals surface area contributed by atoms with Gasteiger partial charge in [0.2, 0.25) is 0 Å². The van der Waals surface area contributed by atoms with Crippen molar-refractivity contribution in [1.82, 2.24) is 9.88 Å². The minimum atomic E-state index is -0.253. The molecular formula is C15H11BrN2O2. The van der Waals surface area contributed by atoms with E-state index in [9.17, 15) is 9.59 Å². The van der Waals surface area contributed by atoms with E-state index in [2.05, 4.69) is 20.9 Å². The normalized spacial score (nSPS) is 13.8. The lowest BCUT2D eigenvalue weighted by Gasteiger charge is -2.13. The summed E-state index contributed by atoms with van der Waals surface area (Å²) in [6.07, 6.45) is 0.